The van der Waals surface area contributed by atoms with Crippen LogP contribution in [0.2, 0.25) is 0 Å². The molecular weight excluding hydrogens is 889 g/mol. The second-order valence-electron chi connectivity index (χ2n) is 19.1. The third-order valence-electron chi connectivity index (χ3n) is 12.8. The summed E-state index contributed by atoms with van der Waals surface area (Å²) >= 11 is 6.32. The number of benzene rings is 3. The second kappa shape index (κ2) is 42.6. The quantitative estimate of drug-likeness (QED) is 0.0315. The summed E-state index contributed by atoms with van der Waals surface area (Å²) in [4.78, 5) is 0. The Kier molecular flexibility index (Phi) is 38.2. The van der Waals surface area contributed by atoms with E-state index >= 15 is 0 Å². The Labute approximate surface area is 425 Å². The lowest BCUT2D eigenvalue weighted by atomic mass is 10.0. The van der Waals surface area contributed by atoms with Crippen molar-refractivity contribution < 1.29 is 16.7 Å². The van der Waals surface area contributed by atoms with Crippen LogP contribution in [-0.4, -0.2) is 23.0 Å². The maximum Gasteiger partial charge on any atom is 0.181 e. The molecule has 3 aromatic carbocycles. The number of unbranched alkanes of at least 4 members (excludes halogenated alkanes) is 32. The Bertz CT molecular complexity index is 1340. The van der Waals surface area contributed by atoms with E-state index in [1.165, 1.54) is 231 Å². The molecule has 0 spiro atoms. The van der Waals surface area contributed by atoms with Crippen LogP contribution < -0.4 is 16.7 Å². The summed E-state index contributed by atoms with van der Waals surface area (Å²) < 4.78 is 25.9. The molecule has 0 aliphatic heterocycles. The first kappa shape index (κ1) is 59.1. The molecule has 0 heterocycles. The van der Waals surface area contributed by atoms with Gasteiger partial charge in [0.05, 0.1) is 48.2 Å². The molecule has 0 aliphatic carbocycles. The van der Waals surface area contributed by atoms with Gasteiger partial charge in [-0.1, -0.05) is 233 Å². The van der Waals surface area contributed by atoms with Crippen molar-refractivity contribution in [2.45, 2.75) is 259 Å². The fraction of sp³-hybridized carbons (Fsp3) is 0.759. The van der Waals surface area contributed by atoms with Gasteiger partial charge in [0.1, 0.15) is 0 Å². The van der Waals surface area contributed by atoms with E-state index in [1.54, 1.807) is 48.2 Å². The fourth-order valence-corrected chi connectivity index (χ4v) is 11.2. The van der Waals surface area contributed by atoms with Gasteiger partial charge in [-0.25, -0.2) is 0 Å². The molecule has 378 valence electrons. The lowest BCUT2D eigenvalue weighted by molar-refractivity contribution is 0.559. The van der Waals surface area contributed by atoms with E-state index in [0.29, 0.717) is 0 Å². The van der Waals surface area contributed by atoms with Crippen LogP contribution in [0.1, 0.15) is 259 Å². The van der Waals surface area contributed by atoms with E-state index in [0.717, 1.165) is 67.6 Å². The molecule has 3 aromatic rings. The molecule has 4 nitrogen and oxygen atoms in total. The Morgan fingerprint density at radius 1 is 0.227 bits per heavy atom. The zero-order valence-corrected chi connectivity index (χ0v) is 46.3. The highest BCUT2D eigenvalue weighted by Gasteiger charge is 2.15. The number of rotatable bonds is 48. The van der Waals surface area contributed by atoms with Crippen molar-refractivity contribution in [3.63, 3.8) is 0 Å². The molecule has 0 atom stereocenters. The highest BCUT2D eigenvalue weighted by atomic mass is 32.2. The average Bonchev–Trinajstić information content (AvgIpc) is 3.32. The Hall–Kier alpha value is -1.22. The SMILES string of the molecule is CCCCCCCCCCCSOc1cc2cc3cc(OSCCCCCCCCCCC)c(OSCCCCCCCCCCC)cc3cc2cc1OSCCCCCCCCCCC. The smallest absolute Gasteiger partial charge is 0.181 e. The van der Waals surface area contributed by atoms with Gasteiger partial charge in [0.25, 0.3) is 0 Å². The molecular formula is C58H98O4S4. The summed E-state index contributed by atoms with van der Waals surface area (Å²) in [5.74, 6) is 7.27. The minimum Gasteiger partial charge on any atom is -0.422 e. The standard InChI is InChI=1S/C58H98O4S4/c1-5-9-13-17-21-25-29-33-37-41-63-59-55-47-51-45-53-49-57(61-65-43-39-35-31-27-23-19-15-11-7-3)58(62-66-44-40-36-32-28-24-20-16-12-8-4)50-54(53)46-52(51)48-56(55)60-64-42-38-34-30-26-22-18-14-10-6-2/h45-50H,5-44H2,1-4H3. The molecule has 0 saturated heterocycles. The van der Waals surface area contributed by atoms with Gasteiger partial charge >= 0.3 is 0 Å². The van der Waals surface area contributed by atoms with Crippen LogP contribution in [0.5, 0.6) is 23.0 Å². The molecule has 66 heavy (non-hydrogen) atoms. The number of hydrogen-bond donors (Lipinski definition) is 0. The van der Waals surface area contributed by atoms with Crippen LogP contribution in [0.4, 0.5) is 0 Å². The van der Waals surface area contributed by atoms with E-state index in [1.807, 2.05) is 0 Å². The van der Waals surface area contributed by atoms with Crippen molar-refractivity contribution in [1.82, 2.24) is 0 Å². The highest BCUT2D eigenvalue weighted by molar-refractivity contribution is 7.95. The maximum absolute atomic E-state index is 6.48. The van der Waals surface area contributed by atoms with Crippen LogP contribution in [0, 0.1) is 0 Å². The molecule has 0 bridgehead atoms. The Morgan fingerprint density at radius 2 is 0.394 bits per heavy atom. The van der Waals surface area contributed by atoms with E-state index in [2.05, 4.69) is 64.1 Å². The summed E-state index contributed by atoms with van der Waals surface area (Å²) in [6.07, 6.45) is 48.0. The lowest BCUT2D eigenvalue weighted by Gasteiger charge is -2.15. The Balaban J connectivity index is 1.66. The maximum atomic E-state index is 6.48. The van der Waals surface area contributed by atoms with Crippen LogP contribution in [-0.2, 0) is 0 Å². The summed E-state index contributed by atoms with van der Waals surface area (Å²) in [6.45, 7) is 9.17. The van der Waals surface area contributed by atoms with Gasteiger partial charge < -0.3 is 16.7 Å². The molecule has 0 aliphatic rings. The third-order valence-corrected chi connectivity index (χ3v) is 15.9. The van der Waals surface area contributed by atoms with Crippen molar-refractivity contribution in [1.29, 1.82) is 0 Å². The third kappa shape index (κ3) is 29.1. The van der Waals surface area contributed by atoms with Crippen LogP contribution in [0.3, 0.4) is 0 Å². The Morgan fingerprint density at radius 3 is 0.576 bits per heavy atom. The predicted octanol–water partition coefficient (Wildman–Crippen LogP) is 22.2. The van der Waals surface area contributed by atoms with Crippen molar-refractivity contribution in [3.8, 4) is 23.0 Å². The van der Waals surface area contributed by atoms with Gasteiger partial charge in [0.15, 0.2) is 23.0 Å². The largest absolute Gasteiger partial charge is 0.422 e. The highest BCUT2D eigenvalue weighted by Crippen LogP contribution is 2.42. The monoisotopic (exact) mass is 987 g/mol. The van der Waals surface area contributed by atoms with Gasteiger partial charge in [-0.3, -0.25) is 0 Å². The van der Waals surface area contributed by atoms with E-state index in [4.69, 9.17) is 16.7 Å². The molecule has 0 saturated carbocycles. The lowest BCUT2D eigenvalue weighted by Crippen LogP contribution is -1.94. The van der Waals surface area contributed by atoms with Gasteiger partial charge in [0.2, 0.25) is 0 Å². The summed E-state index contributed by atoms with van der Waals surface area (Å²) in [5.41, 5.74) is 0. The average molecular weight is 988 g/mol. The van der Waals surface area contributed by atoms with Crippen molar-refractivity contribution >= 4 is 69.7 Å². The topological polar surface area (TPSA) is 36.9 Å². The second-order valence-corrected chi connectivity index (χ2v) is 22.3. The van der Waals surface area contributed by atoms with Gasteiger partial charge in [0, 0.05) is 23.0 Å². The first-order chi connectivity index (χ1) is 32.7. The minimum atomic E-state index is 0.822. The van der Waals surface area contributed by atoms with E-state index < -0.39 is 0 Å². The zero-order valence-electron chi connectivity index (χ0n) is 43.0. The predicted molar refractivity (Wildman–Crippen MR) is 303 cm³/mol. The molecule has 0 radical (unpaired) electrons. The van der Waals surface area contributed by atoms with E-state index in [-0.39, 0.29) is 0 Å². The normalized spacial score (nSPS) is 11.6. The molecule has 0 amide bonds. The molecule has 0 fully saturated rings. The first-order valence-corrected chi connectivity index (χ1v) is 31.6. The molecule has 0 aromatic heterocycles. The summed E-state index contributed by atoms with van der Waals surface area (Å²) in [5, 5.41) is 4.61. The molecule has 3 rings (SSSR count). The van der Waals surface area contributed by atoms with Crippen molar-refractivity contribution in [2.75, 3.05) is 23.0 Å². The van der Waals surface area contributed by atoms with Crippen molar-refractivity contribution in [3.05, 3.63) is 36.4 Å². The number of hydrogen-bond acceptors (Lipinski definition) is 8. The van der Waals surface area contributed by atoms with Crippen LogP contribution in [0.15, 0.2) is 36.4 Å². The van der Waals surface area contributed by atoms with Gasteiger partial charge in [-0.15, -0.1) is 0 Å². The van der Waals surface area contributed by atoms with Crippen LogP contribution >= 0.6 is 48.2 Å². The van der Waals surface area contributed by atoms with Crippen molar-refractivity contribution in [2.24, 2.45) is 0 Å². The summed E-state index contributed by atoms with van der Waals surface area (Å²) in [7, 11) is 0. The molecule has 8 heteroatoms. The van der Waals surface area contributed by atoms with Gasteiger partial charge in [-0.05, 0) is 83.6 Å². The molecule has 0 unspecified atom stereocenters. The first-order valence-electron chi connectivity index (χ1n) is 27.9. The minimum absolute atomic E-state index is 0.822. The van der Waals surface area contributed by atoms with Gasteiger partial charge in [-0.2, -0.15) is 0 Å². The van der Waals surface area contributed by atoms with Crippen LogP contribution in [0.25, 0.3) is 21.5 Å². The number of fused-ring (bicyclic) bond motifs is 2. The zero-order chi connectivity index (χ0) is 46.8. The van der Waals surface area contributed by atoms with E-state index in [9.17, 15) is 0 Å². The molecule has 0 N–H and O–H groups in total. The fourth-order valence-electron chi connectivity index (χ4n) is 8.59. The summed E-state index contributed by atoms with van der Waals surface area (Å²) in [6, 6.07) is 13.3.